The highest BCUT2D eigenvalue weighted by Gasteiger charge is 2.12. The third-order valence-electron chi connectivity index (χ3n) is 3.66. The molecule has 0 aliphatic heterocycles. The minimum Gasteiger partial charge on any atom is -0.493 e. The lowest BCUT2D eigenvalue weighted by Crippen LogP contribution is -2.17. The van der Waals surface area contributed by atoms with Gasteiger partial charge in [-0.1, -0.05) is 5.92 Å². The second-order valence-electron chi connectivity index (χ2n) is 5.52. The van der Waals surface area contributed by atoms with Crippen molar-refractivity contribution in [1.29, 1.82) is 0 Å². The zero-order chi connectivity index (χ0) is 21.2. The average Bonchev–Trinajstić information content (AvgIpc) is 2.73. The molecule has 0 saturated heterocycles. The molecule has 8 heteroatoms. The second kappa shape index (κ2) is 11.0. The summed E-state index contributed by atoms with van der Waals surface area (Å²) in [4.78, 5) is 12.3. The Labute approximate surface area is 178 Å². The Morgan fingerprint density at radius 2 is 1.93 bits per heavy atom. The van der Waals surface area contributed by atoms with Gasteiger partial charge in [-0.25, -0.2) is 5.43 Å². The molecule has 0 radical (unpaired) electrons. The number of methoxy groups -OCH3 is 2. The van der Waals surface area contributed by atoms with Crippen molar-refractivity contribution in [1.82, 2.24) is 5.43 Å². The number of hydrazone groups is 1. The molecule has 1 amide bonds. The van der Waals surface area contributed by atoms with Gasteiger partial charge >= 0.3 is 0 Å². The van der Waals surface area contributed by atoms with Crippen molar-refractivity contribution in [2.24, 2.45) is 5.10 Å². The van der Waals surface area contributed by atoms with Crippen molar-refractivity contribution < 1.29 is 23.7 Å². The summed E-state index contributed by atoms with van der Waals surface area (Å²) in [6, 6.07) is 8.39. The standard InChI is InChI=1S/C21H21BrN2O5/c1-5-9-29-20-16(22)10-14(11-19(20)27-4)13-23-24-21(25)15-7-8-17(28-6-2)18(12-15)26-3/h1,7-8,10-13H,6,9H2,2-4H3,(H,24,25)/b23-13+. The lowest BCUT2D eigenvalue weighted by molar-refractivity contribution is 0.0954. The van der Waals surface area contributed by atoms with Gasteiger partial charge in [-0.3, -0.25) is 4.79 Å². The molecule has 2 rings (SSSR count). The van der Waals surface area contributed by atoms with Gasteiger partial charge in [0.15, 0.2) is 23.0 Å². The van der Waals surface area contributed by atoms with Gasteiger partial charge in [-0.2, -0.15) is 5.10 Å². The van der Waals surface area contributed by atoms with Crippen molar-refractivity contribution in [3.8, 4) is 35.3 Å². The van der Waals surface area contributed by atoms with E-state index in [1.54, 1.807) is 30.3 Å². The number of ether oxygens (including phenoxy) is 4. The summed E-state index contributed by atoms with van der Waals surface area (Å²) in [5.74, 6) is 4.03. The van der Waals surface area contributed by atoms with Crippen LogP contribution in [0.5, 0.6) is 23.0 Å². The molecule has 2 aromatic carbocycles. The van der Waals surface area contributed by atoms with E-state index < -0.39 is 0 Å². The summed E-state index contributed by atoms with van der Waals surface area (Å²) in [6.07, 6.45) is 6.71. The van der Waals surface area contributed by atoms with Crippen LogP contribution in [-0.4, -0.2) is 39.6 Å². The van der Waals surface area contributed by atoms with Crippen molar-refractivity contribution in [2.45, 2.75) is 6.92 Å². The second-order valence-corrected chi connectivity index (χ2v) is 6.38. The van der Waals surface area contributed by atoms with Crippen LogP contribution in [0, 0.1) is 12.3 Å². The Balaban J connectivity index is 2.12. The molecule has 0 spiro atoms. The maximum atomic E-state index is 12.3. The molecule has 152 valence electrons. The molecule has 0 aliphatic carbocycles. The minimum atomic E-state index is -0.386. The number of rotatable bonds is 9. The monoisotopic (exact) mass is 460 g/mol. The quantitative estimate of drug-likeness (QED) is 0.351. The highest BCUT2D eigenvalue weighted by atomic mass is 79.9. The van der Waals surface area contributed by atoms with Crippen LogP contribution in [0.15, 0.2) is 39.9 Å². The molecule has 0 aromatic heterocycles. The van der Waals surface area contributed by atoms with Crippen LogP contribution >= 0.6 is 15.9 Å². The number of hydrogen-bond acceptors (Lipinski definition) is 6. The highest BCUT2D eigenvalue weighted by Crippen LogP contribution is 2.36. The van der Waals surface area contributed by atoms with Crippen molar-refractivity contribution in [2.75, 3.05) is 27.4 Å². The number of carbonyl (C=O) groups is 1. The van der Waals surface area contributed by atoms with E-state index >= 15 is 0 Å². The van der Waals surface area contributed by atoms with Gasteiger partial charge in [0.1, 0.15) is 6.61 Å². The molecular formula is C21H21BrN2O5. The molecule has 1 N–H and O–H groups in total. The molecule has 0 atom stereocenters. The van der Waals surface area contributed by atoms with Gasteiger partial charge in [0, 0.05) is 5.56 Å². The molecule has 29 heavy (non-hydrogen) atoms. The van der Waals surface area contributed by atoms with Gasteiger partial charge in [0.05, 0.1) is 31.5 Å². The first-order valence-electron chi connectivity index (χ1n) is 8.62. The fourth-order valence-corrected chi connectivity index (χ4v) is 2.96. The first-order chi connectivity index (χ1) is 14.0. The van der Waals surface area contributed by atoms with Crippen LogP contribution in [0.2, 0.25) is 0 Å². The Morgan fingerprint density at radius 3 is 2.59 bits per heavy atom. The van der Waals surface area contributed by atoms with Crippen molar-refractivity contribution in [3.63, 3.8) is 0 Å². The van der Waals surface area contributed by atoms with Crippen LogP contribution in [0.1, 0.15) is 22.8 Å². The Morgan fingerprint density at radius 1 is 1.17 bits per heavy atom. The zero-order valence-electron chi connectivity index (χ0n) is 16.3. The van der Waals surface area contributed by atoms with E-state index in [1.165, 1.54) is 20.4 Å². The lowest BCUT2D eigenvalue weighted by atomic mass is 10.2. The number of halogens is 1. The first-order valence-corrected chi connectivity index (χ1v) is 9.41. The number of hydrogen-bond donors (Lipinski definition) is 1. The lowest BCUT2D eigenvalue weighted by Gasteiger charge is -2.11. The van der Waals surface area contributed by atoms with E-state index in [-0.39, 0.29) is 12.5 Å². The number of nitrogens with zero attached hydrogens (tertiary/aromatic N) is 1. The van der Waals surface area contributed by atoms with Crippen LogP contribution in [0.3, 0.4) is 0 Å². The Hall–Kier alpha value is -3.18. The summed E-state index contributed by atoms with van der Waals surface area (Å²) >= 11 is 3.41. The molecular weight excluding hydrogens is 440 g/mol. The topological polar surface area (TPSA) is 78.4 Å². The highest BCUT2D eigenvalue weighted by molar-refractivity contribution is 9.10. The van der Waals surface area contributed by atoms with E-state index in [2.05, 4.69) is 32.4 Å². The smallest absolute Gasteiger partial charge is 0.271 e. The molecule has 0 heterocycles. The number of nitrogens with one attached hydrogen (secondary N) is 1. The van der Waals surface area contributed by atoms with E-state index in [0.29, 0.717) is 45.2 Å². The summed E-state index contributed by atoms with van der Waals surface area (Å²) < 4.78 is 22.1. The molecule has 2 aromatic rings. The SMILES string of the molecule is C#CCOc1c(Br)cc(/C=N/NC(=O)c2ccc(OCC)c(OC)c2)cc1OC. The number of carbonyl (C=O) groups excluding carboxylic acids is 1. The van der Waals surface area contributed by atoms with Gasteiger partial charge in [0.25, 0.3) is 5.91 Å². The van der Waals surface area contributed by atoms with Gasteiger partial charge in [-0.15, -0.1) is 6.42 Å². The van der Waals surface area contributed by atoms with Gasteiger partial charge in [0.2, 0.25) is 0 Å². The Kier molecular flexibility index (Phi) is 8.37. The molecule has 0 fully saturated rings. The predicted octanol–water partition coefficient (Wildman–Crippen LogP) is 3.64. The summed E-state index contributed by atoms with van der Waals surface area (Å²) in [5, 5.41) is 3.99. The number of terminal acetylenes is 1. The van der Waals surface area contributed by atoms with Crippen LogP contribution in [0.4, 0.5) is 0 Å². The maximum Gasteiger partial charge on any atom is 0.271 e. The third-order valence-corrected chi connectivity index (χ3v) is 4.25. The number of amides is 1. The molecule has 0 aliphatic rings. The summed E-state index contributed by atoms with van der Waals surface area (Å²) in [7, 11) is 3.03. The predicted molar refractivity (Wildman–Crippen MR) is 114 cm³/mol. The van der Waals surface area contributed by atoms with Gasteiger partial charge < -0.3 is 18.9 Å². The van der Waals surface area contributed by atoms with E-state index in [1.807, 2.05) is 6.92 Å². The molecule has 0 bridgehead atoms. The van der Waals surface area contributed by atoms with Crippen molar-refractivity contribution >= 4 is 28.1 Å². The number of benzene rings is 2. The zero-order valence-corrected chi connectivity index (χ0v) is 17.9. The van der Waals surface area contributed by atoms with E-state index in [4.69, 9.17) is 25.4 Å². The summed E-state index contributed by atoms with van der Waals surface area (Å²) in [6.45, 7) is 2.48. The minimum absolute atomic E-state index is 0.115. The summed E-state index contributed by atoms with van der Waals surface area (Å²) in [5.41, 5.74) is 3.55. The van der Waals surface area contributed by atoms with Crippen LogP contribution < -0.4 is 24.4 Å². The van der Waals surface area contributed by atoms with Crippen molar-refractivity contribution in [3.05, 3.63) is 45.9 Å². The first kappa shape index (κ1) is 22.1. The third kappa shape index (κ3) is 5.90. The molecule has 0 saturated carbocycles. The Bertz CT molecular complexity index is 937. The molecule has 7 nitrogen and oxygen atoms in total. The normalized spacial score (nSPS) is 10.3. The molecule has 0 unspecified atom stereocenters. The van der Waals surface area contributed by atoms with Gasteiger partial charge in [-0.05, 0) is 58.7 Å². The van der Waals surface area contributed by atoms with Crippen LogP contribution in [-0.2, 0) is 0 Å². The fraction of sp³-hybridized carbons (Fsp3) is 0.238. The largest absolute Gasteiger partial charge is 0.493 e. The van der Waals surface area contributed by atoms with E-state index in [0.717, 1.165) is 0 Å². The fourth-order valence-electron chi connectivity index (χ4n) is 2.38. The van der Waals surface area contributed by atoms with E-state index in [9.17, 15) is 4.79 Å². The maximum absolute atomic E-state index is 12.3. The van der Waals surface area contributed by atoms with Crippen LogP contribution in [0.25, 0.3) is 0 Å². The average molecular weight is 461 g/mol.